The summed E-state index contributed by atoms with van der Waals surface area (Å²) in [5.74, 6) is -2.84. The highest BCUT2D eigenvalue weighted by Gasteiger charge is 2.40. The van der Waals surface area contributed by atoms with Gasteiger partial charge >= 0.3 is 0 Å². The fourth-order valence-corrected chi connectivity index (χ4v) is 4.89. The molecule has 9 heteroatoms. The number of pyridine rings is 1. The van der Waals surface area contributed by atoms with Gasteiger partial charge in [0.05, 0.1) is 6.04 Å². The van der Waals surface area contributed by atoms with Crippen LogP contribution in [-0.4, -0.2) is 33.9 Å². The first-order chi connectivity index (χ1) is 18.2. The number of halogens is 2. The number of fused-ring (bicyclic) bond motifs is 4. The van der Waals surface area contributed by atoms with Gasteiger partial charge in [-0.1, -0.05) is 55.5 Å². The lowest BCUT2D eigenvalue weighted by atomic mass is 9.98. The van der Waals surface area contributed by atoms with E-state index in [0.29, 0.717) is 6.54 Å². The van der Waals surface area contributed by atoms with Gasteiger partial charge in [-0.25, -0.2) is 8.78 Å². The number of aromatic nitrogens is 1. The van der Waals surface area contributed by atoms with Crippen LogP contribution in [0.25, 0.3) is 0 Å². The molecule has 3 aromatic rings. The Morgan fingerprint density at radius 3 is 2.58 bits per heavy atom. The molecule has 1 unspecified atom stereocenters. The predicted molar refractivity (Wildman–Crippen MR) is 137 cm³/mol. The molecule has 7 nitrogen and oxygen atoms in total. The maximum atomic E-state index is 14.1. The summed E-state index contributed by atoms with van der Waals surface area (Å²) < 4.78 is 35.0. The quantitative estimate of drug-likeness (QED) is 0.495. The van der Waals surface area contributed by atoms with Crippen LogP contribution in [-0.2, 0) is 13.2 Å². The molecule has 2 aromatic carbocycles. The Hall–Kier alpha value is -4.27. The molecule has 3 heterocycles. The number of benzene rings is 2. The normalized spacial score (nSPS) is 20.1. The number of nitrogens with one attached hydrogen (secondary N) is 1. The lowest BCUT2D eigenvalue weighted by molar-refractivity contribution is 0.0608. The average Bonchev–Trinajstić information content (AvgIpc) is 3.03. The number of carbonyl (C=O) groups is 2. The fraction of sp³-hybridized carbons (Fsp3) is 0.276. The molecule has 196 valence electrons. The van der Waals surface area contributed by atoms with Crippen LogP contribution < -0.4 is 15.5 Å². The van der Waals surface area contributed by atoms with Gasteiger partial charge in [-0.2, -0.15) is 0 Å². The molecule has 0 fully saturated rings. The molecule has 2 bridgehead atoms. The van der Waals surface area contributed by atoms with E-state index in [-0.39, 0.29) is 59.6 Å². The molecule has 3 atom stereocenters. The zero-order valence-corrected chi connectivity index (χ0v) is 21.0. The molecule has 2 aliphatic heterocycles. The van der Waals surface area contributed by atoms with Crippen LogP contribution >= 0.6 is 0 Å². The first-order valence-corrected chi connectivity index (χ1v) is 12.4. The molecule has 0 spiro atoms. The van der Waals surface area contributed by atoms with E-state index in [9.17, 15) is 23.2 Å². The summed E-state index contributed by atoms with van der Waals surface area (Å²) in [4.78, 5) is 42.1. The minimum atomic E-state index is -0.807. The minimum Gasteiger partial charge on any atom is -0.483 e. The highest BCUT2D eigenvalue weighted by atomic mass is 19.1. The summed E-state index contributed by atoms with van der Waals surface area (Å²) in [5.41, 5.74) is 0.00265. The second kappa shape index (κ2) is 10.2. The molecular formula is C29H27F2N3O4. The van der Waals surface area contributed by atoms with Crippen molar-refractivity contribution in [3.8, 4) is 5.75 Å². The Morgan fingerprint density at radius 1 is 1.08 bits per heavy atom. The molecule has 5 rings (SSSR count). The van der Waals surface area contributed by atoms with Crippen LogP contribution in [0.5, 0.6) is 5.75 Å². The van der Waals surface area contributed by atoms with Crippen LogP contribution in [0.15, 0.2) is 71.7 Å². The van der Waals surface area contributed by atoms with Gasteiger partial charge in [-0.15, -0.1) is 0 Å². The van der Waals surface area contributed by atoms with E-state index < -0.39 is 23.0 Å². The number of allylic oxidation sites excluding steroid dienone is 1. The largest absolute Gasteiger partial charge is 0.483 e. The zero-order valence-electron chi connectivity index (χ0n) is 21.0. The van der Waals surface area contributed by atoms with Crippen molar-refractivity contribution in [1.29, 1.82) is 0 Å². The zero-order chi connectivity index (χ0) is 27.0. The molecule has 0 saturated carbocycles. The van der Waals surface area contributed by atoms with Crippen molar-refractivity contribution in [2.45, 2.75) is 39.1 Å². The van der Waals surface area contributed by atoms with Gasteiger partial charge in [-0.05, 0) is 24.5 Å². The van der Waals surface area contributed by atoms with Crippen LogP contribution in [0.4, 0.5) is 8.78 Å². The van der Waals surface area contributed by atoms with E-state index in [0.717, 1.165) is 17.7 Å². The Kier molecular flexibility index (Phi) is 6.84. The lowest BCUT2D eigenvalue weighted by Crippen LogP contribution is -2.48. The number of hydrogen-bond donors (Lipinski definition) is 1. The minimum absolute atomic E-state index is 0.00278. The molecule has 0 aliphatic carbocycles. The number of hydrogen-bond acceptors (Lipinski definition) is 4. The van der Waals surface area contributed by atoms with Crippen molar-refractivity contribution < 1.29 is 23.1 Å². The summed E-state index contributed by atoms with van der Waals surface area (Å²) in [7, 11) is 0. The molecule has 2 aliphatic rings. The molecule has 1 N–H and O–H groups in total. The predicted octanol–water partition coefficient (Wildman–Crippen LogP) is 4.23. The number of carbonyl (C=O) groups excluding carboxylic acids is 2. The summed E-state index contributed by atoms with van der Waals surface area (Å²) >= 11 is 0. The van der Waals surface area contributed by atoms with Crippen molar-refractivity contribution in [2.75, 3.05) is 6.54 Å². The van der Waals surface area contributed by atoms with E-state index in [1.807, 2.05) is 56.3 Å². The number of ether oxygens (including phenoxy) is 1. The van der Waals surface area contributed by atoms with Gasteiger partial charge in [0.25, 0.3) is 11.8 Å². The highest BCUT2D eigenvalue weighted by Crippen LogP contribution is 2.35. The van der Waals surface area contributed by atoms with E-state index in [1.165, 1.54) is 12.3 Å². The summed E-state index contributed by atoms with van der Waals surface area (Å²) in [6.45, 7) is 4.11. The first-order valence-electron chi connectivity index (χ1n) is 12.4. The lowest BCUT2D eigenvalue weighted by Gasteiger charge is -2.39. The van der Waals surface area contributed by atoms with Gasteiger partial charge < -0.3 is 19.5 Å². The monoisotopic (exact) mass is 519 g/mol. The van der Waals surface area contributed by atoms with Crippen molar-refractivity contribution in [1.82, 2.24) is 14.8 Å². The van der Waals surface area contributed by atoms with Crippen LogP contribution in [0.2, 0.25) is 0 Å². The topological polar surface area (TPSA) is 80.6 Å². The van der Waals surface area contributed by atoms with E-state index >= 15 is 0 Å². The van der Waals surface area contributed by atoms with Crippen molar-refractivity contribution in [3.63, 3.8) is 0 Å². The third-order valence-electron chi connectivity index (χ3n) is 7.11. The van der Waals surface area contributed by atoms with E-state index in [2.05, 4.69) is 5.32 Å². The number of rotatable bonds is 6. The molecule has 0 radical (unpaired) electrons. The van der Waals surface area contributed by atoms with Crippen molar-refractivity contribution in [3.05, 3.63) is 111 Å². The van der Waals surface area contributed by atoms with Crippen molar-refractivity contribution in [2.24, 2.45) is 5.92 Å². The van der Waals surface area contributed by atoms with E-state index in [4.69, 9.17) is 4.74 Å². The standard InChI is InChI=1S/C29H27F2N3O4/c1-17-8-9-18(2)33-15-24(17)34-14-22(28(36)32-13-20-10-11-21(30)12-23(20)31)26(35)27(25(34)29(33)37)38-16-19-6-4-3-5-7-19/h3-12,14,17-18,24H,13,15-16H2,1-2H3,(H,32,36)/t17?,18-,24+/m0/s1. The maximum absolute atomic E-state index is 14.1. The van der Waals surface area contributed by atoms with Crippen molar-refractivity contribution >= 4 is 11.8 Å². The van der Waals surface area contributed by atoms with Crippen LogP contribution in [0, 0.1) is 17.6 Å². The van der Waals surface area contributed by atoms with Gasteiger partial charge in [0.1, 0.15) is 23.8 Å². The number of amides is 2. The van der Waals surface area contributed by atoms with Gasteiger partial charge in [-0.3, -0.25) is 14.4 Å². The third kappa shape index (κ3) is 4.71. The first kappa shape index (κ1) is 25.4. The Balaban J connectivity index is 1.56. The Bertz CT molecular complexity index is 1490. The smallest absolute Gasteiger partial charge is 0.275 e. The fourth-order valence-electron chi connectivity index (χ4n) is 4.89. The summed E-state index contributed by atoms with van der Waals surface area (Å²) in [6, 6.07) is 11.8. The van der Waals surface area contributed by atoms with Gasteiger partial charge in [0.15, 0.2) is 11.4 Å². The molecule has 2 amide bonds. The molecule has 1 aromatic heterocycles. The number of nitrogens with zero attached hydrogens (tertiary/aromatic N) is 2. The second-order valence-corrected chi connectivity index (χ2v) is 9.66. The molecule has 0 saturated heterocycles. The third-order valence-corrected chi connectivity index (χ3v) is 7.11. The average molecular weight is 520 g/mol. The highest BCUT2D eigenvalue weighted by molar-refractivity contribution is 5.99. The summed E-state index contributed by atoms with van der Waals surface area (Å²) in [5, 5.41) is 2.54. The van der Waals surface area contributed by atoms with Gasteiger partial charge in [0, 0.05) is 37.0 Å². The SMILES string of the molecule is CC1C=C[C@H](C)N2C[C@H]1n1cc(C(=O)NCc3ccc(F)cc3F)c(=O)c(OCc3ccccc3)c1C2=O. The second-order valence-electron chi connectivity index (χ2n) is 9.66. The molecular weight excluding hydrogens is 492 g/mol. The Morgan fingerprint density at radius 2 is 1.84 bits per heavy atom. The van der Waals surface area contributed by atoms with Crippen LogP contribution in [0.3, 0.4) is 0 Å². The van der Waals surface area contributed by atoms with Gasteiger partial charge in [0.2, 0.25) is 5.43 Å². The molecule has 38 heavy (non-hydrogen) atoms. The maximum Gasteiger partial charge on any atom is 0.275 e. The van der Waals surface area contributed by atoms with Crippen LogP contribution in [0.1, 0.15) is 51.9 Å². The summed E-state index contributed by atoms with van der Waals surface area (Å²) in [6.07, 6.45) is 5.38. The Labute approximate surface area is 218 Å². The van der Waals surface area contributed by atoms with E-state index in [1.54, 1.807) is 9.47 Å².